The highest BCUT2D eigenvalue weighted by Gasteiger charge is 2.16. The Hall–Kier alpha value is -3.87. The smallest absolute Gasteiger partial charge is 0.338 e. The summed E-state index contributed by atoms with van der Waals surface area (Å²) in [5.74, 6) is -7.08. The van der Waals surface area contributed by atoms with Crippen molar-refractivity contribution < 1.29 is 32.3 Å². The predicted molar refractivity (Wildman–Crippen MR) is 90.5 cm³/mol. The summed E-state index contributed by atoms with van der Waals surface area (Å²) >= 11 is 0. The Labute approximate surface area is 156 Å². The number of amides is 2. The molecule has 0 saturated carbocycles. The molecule has 0 bridgehead atoms. The van der Waals surface area contributed by atoms with Crippen molar-refractivity contribution in [2.24, 2.45) is 0 Å². The Bertz CT molecular complexity index is 956. The number of ether oxygens (including phenoxy) is 1. The van der Waals surface area contributed by atoms with Gasteiger partial charge in [-0.1, -0.05) is 0 Å². The van der Waals surface area contributed by atoms with Crippen LogP contribution in [0.3, 0.4) is 0 Å². The van der Waals surface area contributed by atoms with E-state index < -0.39 is 47.5 Å². The van der Waals surface area contributed by atoms with Crippen LogP contribution in [-0.4, -0.2) is 24.4 Å². The fraction of sp³-hybridized carbons (Fsp3) is 0.111. The number of hydrogen-bond donors (Lipinski definition) is 2. The van der Waals surface area contributed by atoms with Gasteiger partial charge in [-0.3, -0.25) is 9.59 Å². The van der Waals surface area contributed by atoms with Gasteiger partial charge in [-0.15, -0.1) is 0 Å². The van der Waals surface area contributed by atoms with Crippen molar-refractivity contribution in [1.82, 2.24) is 0 Å². The SMILES string of the molecule is N#CCC(=O)Nc1ccc(C(=O)OCC(=O)Nc2ccc(F)c(F)c2F)cc1. The average Bonchev–Trinajstić information content (AvgIpc) is 2.67. The monoisotopic (exact) mass is 391 g/mol. The van der Waals surface area contributed by atoms with Crippen LogP contribution in [0.2, 0.25) is 0 Å². The first kappa shape index (κ1) is 20.4. The third kappa shape index (κ3) is 5.31. The molecule has 0 aliphatic heterocycles. The van der Waals surface area contributed by atoms with Crippen molar-refractivity contribution in [3.05, 3.63) is 59.4 Å². The molecule has 0 radical (unpaired) electrons. The minimum atomic E-state index is -1.74. The Morgan fingerprint density at radius 1 is 0.929 bits per heavy atom. The number of esters is 1. The van der Waals surface area contributed by atoms with E-state index >= 15 is 0 Å². The fourth-order valence-electron chi connectivity index (χ4n) is 1.99. The van der Waals surface area contributed by atoms with Crippen LogP contribution in [0.4, 0.5) is 24.5 Å². The van der Waals surface area contributed by atoms with Gasteiger partial charge in [0, 0.05) is 5.69 Å². The van der Waals surface area contributed by atoms with Gasteiger partial charge in [0.15, 0.2) is 24.1 Å². The Morgan fingerprint density at radius 2 is 1.61 bits per heavy atom. The van der Waals surface area contributed by atoms with Gasteiger partial charge in [0.05, 0.1) is 17.3 Å². The highest BCUT2D eigenvalue weighted by atomic mass is 19.2. The van der Waals surface area contributed by atoms with Gasteiger partial charge in [0.25, 0.3) is 5.91 Å². The number of nitrogens with one attached hydrogen (secondary N) is 2. The summed E-state index contributed by atoms with van der Waals surface area (Å²) in [6.45, 7) is -0.794. The topological polar surface area (TPSA) is 108 Å². The van der Waals surface area contributed by atoms with E-state index in [9.17, 15) is 27.6 Å². The predicted octanol–water partition coefficient (Wildman–Crippen LogP) is 2.75. The molecule has 144 valence electrons. The molecule has 0 aliphatic rings. The lowest BCUT2D eigenvalue weighted by molar-refractivity contribution is -0.119. The van der Waals surface area contributed by atoms with E-state index in [0.717, 1.165) is 6.07 Å². The van der Waals surface area contributed by atoms with Gasteiger partial charge in [0.2, 0.25) is 5.91 Å². The van der Waals surface area contributed by atoms with Crippen LogP contribution in [-0.2, 0) is 14.3 Å². The largest absolute Gasteiger partial charge is 0.452 e. The fourth-order valence-corrected chi connectivity index (χ4v) is 1.99. The lowest BCUT2D eigenvalue weighted by atomic mass is 10.2. The molecular formula is C18H12F3N3O4. The van der Waals surface area contributed by atoms with E-state index in [1.807, 2.05) is 5.32 Å². The number of nitriles is 1. The molecule has 0 fully saturated rings. The number of hydrogen-bond acceptors (Lipinski definition) is 5. The Kier molecular flexibility index (Phi) is 6.70. The highest BCUT2D eigenvalue weighted by molar-refractivity contribution is 5.96. The van der Waals surface area contributed by atoms with Gasteiger partial charge in [-0.2, -0.15) is 5.26 Å². The maximum atomic E-state index is 13.5. The second-order valence-electron chi connectivity index (χ2n) is 5.31. The minimum Gasteiger partial charge on any atom is -0.452 e. The van der Waals surface area contributed by atoms with E-state index in [1.165, 1.54) is 24.3 Å². The molecule has 0 aliphatic carbocycles. The van der Waals surface area contributed by atoms with Crippen LogP contribution in [0, 0.1) is 28.8 Å². The lowest BCUT2D eigenvalue weighted by Gasteiger charge is -2.08. The van der Waals surface area contributed by atoms with E-state index in [-0.39, 0.29) is 12.0 Å². The van der Waals surface area contributed by atoms with Crippen LogP contribution >= 0.6 is 0 Å². The number of benzene rings is 2. The first-order valence-electron chi connectivity index (χ1n) is 7.69. The zero-order valence-electron chi connectivity index (χ0n) is 14.1. The number of anilines is 2. The molecule has 2 aromatic carbocycles. The molecule has 0 atom stereocenters. The molecule has 0 spiro atoms. The number of carbonyl (C=O) groups is 3. The normalized spacial score (nSPS) is 9.93. The number of nitrogens with zero attached hydrogens (tertiary/aromatic N) is 1. The molecule has 2 aromatic rings. The Morgan fingerprint density at radius 3 is 2.25 bits per heavy atom. The standard InChI is InChI=1S/C18H12F3N3O4/c19-12-5-6-13(17(21)16(12)20)24-15(26)9-28-18(27)10-1-3-11(4-2-10)23-14(25)7-8-22/h1-6H,7,9H2,(H,23,25)(H,24,26). The van der Waals surface area contributed by atoms with Gasteiger partial charge in [-0.05, 0) is 36.4 Å². The van der Waals surface area contributed by atoms with Crippen molar-refractivity contribution in [2.75, 3.05) is 17.2 Å². The molecule has 0 unspecified atom stereocenters. The van der Waals surface area contributed by atoms with Crippen molar-refractivity contribution in [2.45, 2.75) is 6.42 Å². The molecule has 2 rings (SSSR count). The maximum Gasteiger partial charge on any atom is 0.338 e. The first-order chi connectivity index (χ1) is 13.3. The molecular weight excluding hydrogens is 379 g/mol. The number of carbonyl (C=O) groups excluding carboxylic acids is 3. The van der Waals surface area contributed by atoms with Gasteiger partial charge >= 0.3 is 5.97 Å². The summed E-state index contributed by atoms with van der Waals surface area (Å²) < 4.78 is 44.2. The molecule has 0 saturated heterocycles. The zero-order chi connectivity index (χ0) is 20.7. The summed E-state index contributed by atoms with van der Waals surface area (Å²) in [6, 6.07) is 8.56. The third-order valence-electron chi connectivity index (χ3n) is 3.29. The van der Waals surface area contributed by atoms with Crippen LogP contribution in [0.1, 0.15) is 16.8 Å². The van der Waals surface area contributed by atoms with E-state index in [2.05, 4.69) is 5.32 Å². The summed E-state index contributed by atoms with van der Waals surface area (Å²) in [5, 5.41) is 12.8. The summed E-state index contributed by atoms with van der Waals surface area (Å²) in [5.41, 5.74) is -0.189. The van der Waals surface area contributed by atoms with Crippen LogP contribution < -0.4 is 10.6 Å². The van der Waals surface area contributed by atoms with Gasteiger partial charge < -0.3 is 15.4 Å². The van der Waals surface area contributed by atoms with E-state index in [0.29, 0.717) is 11.8 Å². The van der Waals surface area contributed by atoms with Crippen LogP contribution in [0.15, 0.2) is 36.4 Å². The quantitative estimate of drug-likeness (QED) is 0.582. The first-order valence-corrected chi connectivity index (χ1v) is 7.69. The van der Waals surface area contributed by atoms with Crippen LogP contribution in [0.25, 0.3) is 0 Å². The van der Waals surface area contributed by atoms with Crippen molar-refractivity contribution in [3.63, 3.8) is 0 Å². The molecule has 0 aromatic heterocycles. The van der Waals surface area contributed by atoms with Crippen molar-refractivity contribution in [3.8, 4) is 6.07 Å². The molecule has 10 heteroatoms. The van der Waals surface area contributed by atoms with E-state index in [4.69, 9.17) is 10.00 Å². The summed E-state index contributed by atoms with van der Waals surface area (Å²) in [4.78, 5) is 34.9. The molecule has 7 nitrogen and oxygen atoms in total. The zero-order valence-corrected chi connectivity index (χ0v) is 14.1. The average molecular weight is 391 g/mol. The van der Waals surface area contributed by atoms with E-state index in [1.54, 1.807) is 6.07 Å². The minimum absolute atomic E-state index is 0.0603. The number of rotatable bonds is 6. The summed E-state index contributed by atoms with van der Waals surface area (Å²) in [7, 11) is 0. The lowest BCUT2D eigenvalue weighted by Crippen LogP contribution is -2.21. The molecule has 2 amide bonds. The highest BCUT2D eigenvalue weighted by Crippen LogP contribution is 2.19. The second-order valence-corrected chi connectivity index (χ2v) is 5.31. The second kappa shape index (κ2) is 9.18. The van der Waals surface area contributed by atoms with Crippen molar-refractivity contribution >= 4 is 29.2 Å². The van der Waals surface area contributed by atoms with Crippen LogP contribution in [0.5, 0.6) is 0 Å². The molecule has 2 N–H and O–H groups in total. The third-order valence-corrected chi connectivity index (χ3v) is 3.29. The number of halogens is 3. The van der Waals surface area contributed by atoms with Gasteiger partial charge in [-0.25, -0.2) is 18.0 Å². The molecule has 28 heavy (non-hydrogen) atoms. The van der Waals surface area contributed by atoms with Crippen molar-refractivity contribution in [1.29, 1.82) is 5.26 Å². The molecule has 0 heterocycles. The van der Waals surface area contributed by atoms with Gasteiger partial charge in [0.1, 0.15) is 6.42 Å². The Balaban J connectivity index is 1.89. The summed E-state index contributed by atoms with van der Waals surface area (Å²) in [6.07, 6.45) is -0.322. The maximum absolute atomic E-state index is 13.5.